The van der Waals surface area contributed by atoms with E-state index < -0.39 is 0 Å². The lowest BCUT2D eigenvalue weighted by Gasteiger charge is -2.36. The molecular formula is C13H24N2O2. The summed E-state index contributed by atoms with van der Waals surface area (Å²) in [6.45, 7) is 3.95. The smallest absolute Gasteiger partial charge is 0.239 e. The van der Waals surface area contributed by atoms with E-state index in [4.69, 9.17) is 0 Å². The zero-order valence-electron chi connectivity index (χ0n) is 10.7. The van der Waals surface area contributed by atoms with Crippen LogP contribution in [0.2, 0.25) is 0 Å². The average molecular weight is 240 g/mol. The number of hydrogen-bond donors (Lipinski definition) is 2. The molecule has 0 aromatic carbocycles. The highest BCUT2D eigenvalue weighted by Gasteiger charge is 2.30. The zero-order chi connectivity index (χ0) is 12.3. The van der Waals surface area contributed by atoms with Crippen molar-refractivity contribution in [2.75, 3.05) is 19.7 Å². The summed E-state index contributed by atoms with van der Waals surface area (Å²) in [5, 5.41) is 12.6. The average Bonchev–Trinajstić information content (AvgIpc) is 2.38. The minimum absolute atomic E-state index is 0.0104. The normalized spacial score (nSPS) is 34.7. The van der Waals surface area contributed by atoms with E-state index in [2.05, 4.69) is 12.2 Å². The summed E-state index contributed by atoms with van der Waals surface area (Å²) in [5.74, 6) is 0.531. The van der Waals surface area contributed by atoms with Gasteiger partial charge in [0.05, 0.1) is 6.04 Å². The first kappa shape index (κ1) is 12.8. The third kappa shape index (κ3) is 3.19. The Bertz CT molecular complexity index is 270. The van der Waals surface area contributed by atoms with Gasteiger partial charge in [-0.25, -0.2) is 0 Å². The fourth-order valence-corrected chi connectivity index (χ4v) is 2.97. The lowest BCUT2D eigenvalue weighted by atomic mass is 9.95. The molecule has 0 saturated carbocycles. The SMILES string of the molecule is CC1CCCC(C(=O)N2CCCC(CO)C2)N1. The Morgan fingerprint density at radius 2 is 2.18 bits per heavy atom. The van der Waals surface area contributed by atoms with Gasteiger partial charge in [0.1, 0.15) is 0 Å². The number of likely N-dealkylation sites (tertiary alicyclic amines) is 1. The number of aliphatic hydroxyl groups is 1. The fourth-order valence-electron chi connectivity index (χ4n) is 2.97. The second kappa shape index (κ2) is 5.83. The van der Waals surface area contributed by atoms with E-state index in [1.165, 1.54) is 6.42 Å². The topological polar surface area (TPSA) is 52.6 Å². The third-order valence-corrected chi connectivity index (χ3v) is 4.00. The van der Waals surface area contributed by atoms with Gasteiger partial charge in [0.25, 0.3) is 0 Å². The molecule has 4 nitrogen and oxygen atoms in total. The minimum atomic E-state index is 0.0104. The summed E-state index contributed by atoms with van der Waals surface area (Å²) in [4.78, 5) is 14.3. The molecule has 3 atom stereocenters. The number of piperidine rings is 2. The van der Waals surface area contributed by atoms with Gasteiger partial charge in [-0.1, -0.05) is 0 Å². The second-order valence-electron chi connectivity index (χ2n) is 5.53. The summed E-state index contributed by atoms with van der Waals surface area (Å²) >= 11 is 0. The summed E-state index contributed by atoms with van der Waals surface area (Å²) in [7, 11) is 0. The van der Waals surface area contributed by atoms with Crippen LogP contribution in [0.3, 0.4) is 0 Å². The molecule has 0 bridgehead atoms. The number of nitrogens with one attached hydrogen (secondary N) is 1. The van der Waals surface area contributed by atoms with Crippen LogP contribution in [-0.4, -0.2) is 47.7 Å². The first-order valence-electron chi connectivity index (χ1n) is 6.86. The van der Waals surface area contributed by atoms with Crippen LogP contribution < -0.4 is 5.32 Å². The van der Waals surface area contributed by atoms with Gasteiger partial charge in [0.2, 0.25) is 5.91 Å². The largest absolute Gasteiger partial charge is 0.396 e. The van der Waals surface area contributed by atoms with Crippen LogP contribution in [0.4, 0.5) is 0 Å². The van der Waals surface area contributed by atoms with Crippen molar-refractivity contribution in [3.05, 3.63) is 0 Å². The van der Waals surface area contributed by atoms with Gasteiger partial charge in [-0.3, -0.25) is 4.79 Å². The number of carbonyl (C=O) groups excluding carboxylic acids is 1. The van der Waals surface area contributed by atoms with E-state index in [1.807, 2.05) is 4.90 Å². The predicted molar refractivity (Wildman–Crippen MR) is 66.6 cm³/mol. The molecule has 2 fully saturated rings. The van der Waals surface area contributed by atoms with Gasteiger partial charge >= 0.3 is 0 Å². The lowest BCUT2D eigenvalue weighted by molar-refractivity contribution is -0.136. The van der Waals surface area contributed by atoms with E-state index >= 15 is 0 Å². The van der Waals surface area contributed by atoms with Gasteiger partial charge in [0, 0.05) is 25.7 Å². The van der Waals surface area contributed by atoms with Crippen molar-refractivity contribution in [1.29, 1.82) is 0 Å². The van der Waals surface area contributed by atoms with Crippen LogP contribution in [0.1, 0.15) is 39.0 Å². The van der Waals surface area contributed by atoms with Crippen molar-refractivity contribution in [2.24, 2.45) is 5.92 Å². The first-order chi connectivity index (χ1) is 8.20. The van der Waals surface area contributed by atoms with Crippen LogP contribution in [-0.2, 0) is 4.79 Å². The molecule has 2 saturated heterocycles. The number of carbonyl (C=O) groups is 1. The Balaban J connectivity index is 1.89. The molecule has 2 aliphatic heterocycles. The van der Waals surface area contributed by atoms with Crippen molar-refractivity contribution in [3.8, 4) is 0 Å². The van der Waals surface area contributed by atoms with Crippen molar-refractivity contribution >= 4 is 5.91 Å². The number of nitrogens with zero attached hydrogens (tertiary/aromatic N) is 1. The summed E-state index contributed by atoms with van der Waals surface area (Å²) in [6, 6.07) is 0.465. The van der Waals surface area contributed by atoms with Gasteiger partial charge in [-0.05, 0) is 44.9 Å². The Morgan fingerprint density at radius 1 is 1.35 bits per heavy atom. The predicted octanol–water partition coefficient (Wildman–Crippen LogP) is 0.748. The Kier molecular flexibility index (Phi) is 4.40. The van der Waals surface area contributed by atoms with Gasteiger partial charge in [-0.2, -0.15) is 0 Å². The molecule has 0 aromatic rings. The van der Waals surface area contributed by atoms with Crippen molar-refractivity contribution in [2.45, 2.75) is 51.1 Å². The highest BCUT2D eigenvalue weighted by Crippen LogP contribution is 2.19. The molecule has 2 N–H and O–H groups in total. The molecule has 2 rings (SSSR count). The molecule has 3 unspecified atom stereocenters. The third-order valence-electron chi connectivity index (χ3n) is 4.00. The molecule has 4 heteroatoms. The number of rotatable bonds is 2. The standard InChI is InChI=1S/C13H24N2O2/c1-10-4-2-6-12(14-10)13(17)15-7-3-5-11(8-15)9-16/h10-12,14,16H,2-9H2,1H3. The zero-order valence-corrected chi connectivity index (χ0v) is 10.7. The van der Waals surface area contributed by atoms with Crippen LogP contribution >= 0.6 is 0 Å². The maximum absolute atomic E-state index is 12.3. The minimum Gasteiger partial charge on any atom is -0.396 e. The summed E-state index contributed by atoms with van der Waals surface area (Å²) in [5.41, 5.74) is 0. The van der Waals surface area contributed by atoms with E-state index in [0.29, 0.717) is 6.04 Å². The number of hydrogen-bond acceptors (Lipinski definition) is 3. The Morgan fingerprint density at radius 3 is 2.88 bits per heavy atom. The Labute approximate surface area is 103 Å². The van der Waals surface area contributed by atoms with Crippen LogP contribution in [0.5, 0.6) is 0 Å². The molecule has 2 aliphatic rings. The summed E-state index contributed by atoms with van der Waals surface area (Å²) in [6.07, 6.45) is 5.35. The van der Waals surface area contributed by atoms with E-state index in [9.17, 15) is 9.90 Å². The molecule has 0 spiro atoms. The van der Waals surface area contributed by atoms with Gasteiger partial charge in [0.15, 0.2) is 0 Å². The van der Waals surface area contributed by atoms with Gasteiger partial charge < -0.3 is 15.3 Å². The second-order valence-corrected chi connectivity index (χ2v) is 5.53. The highest BCUT2D eigenvalue weighted by atomic mass is 16.3. The lowest BCUT2D eigenvalue weighted by Crippen LogP contribution is -2.53. The van der Waals surface area contributed by atoms with Gasteiger partial charge in [-0.15, -0.1) is 0 Å². The van der Waals surface area contributed by atoms with Crippen molar-refractivity contribution in [1.82, 2.24) is 10.2 Å². The molecule has 0 radical (unpaired) electrons. The van der Waals surface area contributed by atoms with Crippen LogP contribution in [0.25, 0.3) is 0 Å². The molecule has 0 aliphatic carbocycles. The number of amides is 1. The fraction of sp³-hybridized carbons (Fsp3) is 0.923. The molecule has 98 valence electrons. The van der Waals surface area contributed by atoms with E-state index in [1.54, 1.807) is 0 Å². The monoisotopic (exact) mass is 240 g/mol. The van der Waals surface area contributed by atoms with Crippen molar-refractivity contribution < 1.29 is 9.90 Å². The molecule has 0 aromatic heterocycles. The molecular weight excluding hydrogens is 216 g/mol. The quantitative estimate of drug-likeness (QED) is 0.749. The molecule has 1 amide bonds. The molecule has 17 heavy (non-hydrogen) atoms. The van der Waals surface area contributed by atoms with E-state index in [0.717, 1.165) is 38.8 Å². The summed E-state index contributed by atoms with van der Waals surface area (Å²) < 4.78 is 0. The molecule has 2 heterocycles. The highest BCUT2D eigenvalue weighted by molar-refractivity contribution is 5.82. The van der Waals surface area contributed by atoms with E-state index in [-0.39, 0.29) is 24.5 Å². The number of aliphatic hydroxyl groups excluding tert-OH is 1. The maximum atomic E-state index is 12.3. The first-order valence-corrected chi connectivity index (χ1v) is 6.86. The van der Waals surface area contributed by atoms with Crippen molar-refractivity contribution in [3.63, 3.8) is 0 Å². The maximum Gasteiger partial charge on any atom is 0.239 e. The Hall–Kier alpha value is -0.610. The van der Waals surface area contributed by atoms with Crippen LogP contribution in [0.15, 0.2) is 0 Å². The van der Waals surface area contributed by atoms with Crippen LogP contribution in [0, 0.1) is 5.92 Å².